The summed E-state index contributed by atoms with van der Waals surface area (Å²) in [4.78, 5) is 10.5. The van der Waals surface area contributed by atoms with Crippen LogP contribution in [0.15, 0.2) is 9.15 Å². The van der Waals surface area contributed by atoms with Crippen LogP contribution >= 0.6 is 22.6 Å². The van der Waals surface area contributed by atoms with Crippen molar-refractivity contribution >= 4 is 28.6 Å². The van der Waals surface area contributed by atoms with Crippen LogP contribution in [0.3, 0.4) is 0 Å². The van der Waals surface area contributed by atoms with Crippen LogP contribution < -0.4 is 0 Å². The maximum absolute atomic E-state index is 10.5. The van der Waals surface area contributed by atoms with E-state index in [2.05, 4.69) is 4.74 Å². The van der Waals surface area contributed by atoms with Gasteiger partial charge < -0.3 is 9.84 Å². The number of rotatable bonds is 0. The molecule has 0 saturated heterocycles. The second-order valence-corrected chi connectivity index (χ2v) is 2.83. The van der Waals surface area contributed by atoms with E-state index in [4.69, 9.17) is 5.11 Å². The van der Waals surface area contributed by atoms with Gasteiger partial charge in [-0.1, -0.05) is 0 Å². The molecule has 0 aromatic heterocycles. The Morgan fingerprint density at radius 2 is 2.33 bits per heavy atom. The van der Waals surface area contributed by atoms with Gasteiger partial charge in [-0.25, -0.2) is 4.79 Å². The lowest BCUT2D eigenvalue weighted by molar-refractivity contribution is -0.151. The van der Waals surface area contributed by atoms with E-state index in [0.29, 0.717) is 9.15 Å². The monoisotopic (exact) mass is 240 g/mol. The molecule has 0 saturated carbocycles. The molecule has 9 heavy (non-hydrogen) atoms. The molecule has 4 heteroatoms. The summed E-state index contributed by atoms with van der Waals surface area (Å²) in [6.45, 7) is 1.66. The molecule has 1 N–H and O–H groups in total. The summed E-state index contributed by atoms with van der Waals surface area (Å²) < 4.78 is 4.91. The number of halogens is 1. The SMILES string of the molecule is CC1=C(I)C(=O)OC1O. The van der Waals surface area contributed by atoms with E-state index < -0.39 is 12.3 Å². The molecule has 1 aliphatic rings. The van der Waals surface area contributed by atoms with E-state index >= 15 is 0 Å². The lowest BCUT2D eigenvalue weighted by Crippen LogP contribution is -2.07. The number of ether oxygens (including phenoxy) is 1. The third-order valence-corrected chi connectivity index (χ3v) is 2.41. The minimum Gasteiger partial charge on any atom is -0.428 e. The van der Waals surface area contributed by atoms with Crippen LogP contribution in [0.5, 0.6) is 0 Å². The van der Waals surface area contributed by atoms with Crippen LogP contribution in [0.4, 0.5) is 0 Å². The zero-order valence-corrected chi connectivity index (χ0v) is 6.88. The van der Waals surface area contributed by atoms with Crippen molar-refractivity contribution in [2.75, 3.05) is 0 Å². The molecule has 0 bridgehead atoms. The molecule has 0 radical (unpaired) electrons. The highest BCUT2D eigenvalue weighted by Crippen LogP contribution is 2.24. The molecule has 1 heterocycles. The van der Waals surface area contributed by atoms with Crippen molar-refractivity contribution in [3.05, 3.63) is 9.15 Å². The molecule has 0 aromatic carbocycles. The first-order chi connectivity index (χ1) is 4.13. The van der Waals surface area contributed by atoms with Crippen molar-refractivity contribution in [2.45, 2.75) is 13.2 Å². The molecule has 0 amide bonds. The number of carbonyl (C=O) groups excluding carboxylic acids is 1. The highest BCUT2D eigenvalue weighted by Gasteiger charge is 2.27. The maximum atomic E-state index is 10.5. The van der Waals surface area contributed by atoms with Crippen molar-refractivity contribution in [1.29, 1.82) is 0 Å². The average Bonchev–Trinajstić information content (AvgIpc) is 1.98. The second kappa shape index (κ2) is 2.26. The minimum absolute atomic E-state index is 0.430. The molecule has 3 nitrogen and oxygen atoms in total. The van der Waals surface area contributed by atoms with Gasteiger partial charge in [0.05, 0.1) is 0 Å². The fraction of sp³-hybridized carbons (Fsp3) is 0.400. The van der Waals surface area contributed by atoms with Crippen LogP contribution in [-0.4, -0.2) is 17.4 Å². The van der Waals surface area contributed by atoms with E-state index in [1.165, 1.54) is 0 Å². The smallest absolute Gasteiger partial charge is 0.347 e. The van der Waals surface area contributed by atoms with Crippen LogP contribution in [0.1, 0.15) is 6.92 Å². The zero-order chi connectivity index (χ0) is 7.02. The second-order valence-electron chi connectivity index (χ2n) is 1.75. The first-order valence-corrected chi connectivity index (χ1v) is 3.46. The highest BCUT2D eigenvalue weighted by molar-refractivity contribution is 14.1. The van der Waals surface area contributed by atoms with E-state index in [1.54, 1.807) is 6.92 Å². The Bertz CT molecular complexity index is 185. The van der Waals surface area contributed by atoms with E-state index in [0.717, 1.165) is 0 Å². The number of aliphatic hydroxyl groups excluding tert-OH is 1. The Labute approximate surface area is 65.8 Å². The first kappa shape index (κ1) is 7.01. The van der Waals surface area contributed by atoms with Gasteiger partial charge in [0.2, 0.25) is 6.29 Å². The van der Waals surface area contributed by atoms with Gasteiger partial charge in [0.15, 0.2) is 0 Å². The van der Waals surface area contributed by atoms with Gasteiger partial charge >= 0.3 is 5.97 Å². The van der Waals surface area contributed by atoms with Gasteiger partial charge in [-0.3, -0.25) is 0 Å². The zero-order valence-electron chi connectivity index (χ0n) is 4.72. The van der Waals surface area contributed by atoms with E-state index in [1.807, 2.05) is 22.6 Å². The van der Waals surface area contributed by atoms with Crippen LogP contribution in [0.2, 0.25) is 0 Å². The van der Waals surface area contributed by atoms with Crippen LogP contribution in [0.25, 0.3) is 0 Å². The standard InChI is InChI=1S/C5H5IO3/c1-2-3(6)5(8)9-4(2)7/h4,7H,1H3. The lowest BCUT2D eigenvalue weighted by atomic mass is 10.3. The Balaban J connectivity index is 2.92. The van der Waals surface area contributed by atoms with E-state index in [9.17, 15) is 4.79 Å². The number of aliphatic hydroxyl groups is 1. The number of hydrogen-bond acceptors (Lipinski definition) is 3. The Kier molecular flexibility index (Phi) is 1.76. The molecule has 1 rings (SSSR count). The van der Waals surface area contributed by atoms with Gasteiger partial charge in [0.25, 0.3) is 0 Å². The molecule has 1 aliphatic heterocycles. The summed E-state index contributed by atoms with van der Waals surface area (Å²) in [5.74, 6) is -0.430. The van der Waals surface area contributed by atoms with Crippen molar-refractivity contribution in [3.8, 4) is 0 Å². The van der Waals surface area contributed by atoms with Crippen molar-refractivity contribution < 1.29 is 14.6 Å². The van der Waals surface area contributed by atoms with Crippen LogP contribution in [-0.2, 0) is 9.53 Å². The Hall–Kier alpha value is -0.100. The summed E-state index contributed by atoms with van der Waals surface area (Å²) in [7, 11) is 0. The minimum atomic E-state index is -1.01. The highest BCUT2D eigenvalue weighted by atomic mass is 127. The largest absolute Gasteiger partial charge is 0.428 e. The fourth-order valence-electron chi connectivity index (χ4n) is 0.511. The summed E-state index contributed by atoms with van der Waals surface area (Å²) in [5.41, 5.74) is 0.598. The molecule has 0 fully saturated rings. The fourth-order valence-corrected chi connectivity index (χ4v) is 0.904. The number of esters is 1. The van der Waals surface area contributed by atoms with E-state index in [-0.39, 0.29) is 0 Å². The summed E-state index contributed by atoms with van der Waals surface area (Å²) in [6, 6.07) is 0. The molecule has 1 unspecified atom stereocenters. The van der Waals surface area contributed by atoms with Gasteiger partial charge in [-0.15, -0.1) is 0 Å². The molecular weight excluding hydrogens is 235 g/mol. The van der Waals surface area contributed by atoms with Gasteiger partial charge in [-0.05, 0) is 29.5 Å². The number of cyclic esters (lactones) is 1. The Morgan fingerprint density at radius 1 is 1.78 bits per heavy atom. The maximum Gasteiger partial charge on any atom is 0.347 e. The predicted molar refractivity (Wildman–Crippen MR) is 38.8 cm³/mol. The number of carbonyl (C=O) groups is 1. The normalized spacial score (nSPS) is 27.0. The van der Waals surface area contributed by atoms with Crippen molar-refractivity contribution in [2.24, 2.45) is 0 Å². The van der Waals surface area contributed by atoms with Crippen LogP contribution in [0, 0.1) is 0 Å². The Morgan fingerprint density at radius 3 is 2.44 bits per heavy atom. The summed E-state index contributed by atoms with van der Waals surface area (Å²) >= 11 is 1.84. The van der Waals surface area contributed by atoms with Gasteiger partial charge in [0, 0.05) is 5.57 Å². The lowest BCUT2D eigenvalue weighted by Gasteiger charge is -1.99. The summed E-state index contributed by atoms with van der Waals surface area (Å²) in [5, 5.41) is 8.83. The number of hydrogen-bond donors (Lipinski definition) is 1. The van der Waals surface area contributed by atoms with Crippen molar-refractivity contribution in [1.82, 2.24) is 0 Å². The molecular formula is C5H5IO3. The summed E-state index contributed by atoms with van der Waals surface area (Å²) in [6.07, 6.45) is -1.01. The van der Waals surface area contributed by atoms with Gasteiger partial charge in [0.1, 0.15) is 3.58 Å². The third-order valence-electron chi connectivity index (χ3n) is 1.11. The average molecular weight is 240 g/mol. The molecule has 50 valence electrons. The molecule has 0 spiro atoms. The molecule has 1 atom stereocenters. The predicted octanol–water partition coefficient (Wildman–Crippen LogP) is 0.571. The quantitative estimate of drug-likeness (QED) is 0.497. The first-order valence-electron chi connectivity index (χ1n) is 2.38. The third kappa shape index (κ3) is 1.09. The molecule has 0 aliphatic carbocycles. The van der Waals surface area contributed by atoms with Gasteiger partial charge in [-0.2, -0.15) is 0 Å². The topological polar surface area (TPSA) is 46.5 Å². The molecule has 0 aromatic rings. The van der Waals surface area contributed by atoms with Crippen molar-refractivity contribution in [3.63, 3.8) is 0 Å².